The fourth-order valence-electron chi connectivity index (χ4n) is 1.79. The van der Waals surface area contributed by atoms with Crippen molar-refractivity contribution < 1.29 is 19.2 Å². The lowest BCUT2D eigenvalue weighted by Crippen LogP contribution is -2.25. The molecule has 1 aliphatic rings. The number of para-hydroxylation sites is 1. The van der Waals surface area contributed by atoms with E-state index in [1.807, 2.05) is 0 Å². The maximum Gasteiger partial charge on any atom is 0.327 e. The molecule has 1 aliphatic carbocycles. The number of rotatable bonds is 8. The third-order valence-corrected chi connectivity index (χ3v) is 3.06. The Bertz CT molecular complexity index is 479. The van der Waals surface area contributed by atoms with Crippen molar-refractivity contribution in [1.82, 2.24) is 0 Å². The van der Waals surface area contributed by atoms with Crippen molar-refractivity contribution in [3.63, 3.8) is 0 Å². The van der Waals surface area contributed by atoms with E-state index in [0.717, 1.165) is 6.07 Å². The predicted octanol–water partition coefficient (Wildman–Crippen LogP) is 1.93. The summed E-state index contributed by atoms with van der Waals surface area (Å²) in [7, 11) is 0. The van der Waals surface area contributed by atoms with Gasteiger partial charge in [0, 0.05) is 13.2 Å². The Morgan fingerprint density at radius 1 is 1.55 bits per heavy atom. The molecule has 20 heavy (non-hydrogen) atoms. The Morgan fingerprint density at radius 3 is 2.95 bits per heavy atom. The maximum absolute atomic E-state index is 13.4. The normalized spacial score (nSPS) is 15.9. The largest absolute Gasteiger partial charge is 0.389 e. The zero-order chi connectivity index (χ0) is 14.5. The number of hydrogen-bond acceptors (Lipinski definition) is 5. The Kier molecular flexibility index (Phi) is 4.86. The second-order valence-electron chi connectivity index (χ2n) is 4.91. The molecule has 7 heteroatoms. The van der Waals surface area contributed by atoms with Gasteiger partial charge in [-0.3, -0.25) is 10.1 Å². The number of hydrogen-bond donors (Lipinski definition) is 2. The number of nitro groups is 1. The first-order valence-corrected chi connectivity index (χ1v) is 6.50. The number of halogens is 1. The molecule has 2 rings (SSSR count). The van der Waals surface area contributed by atoms with Gasteiger partial charge in [0.05, 0.1) is 17.6 Å². The fraction of sp³-hybridized carbons (Fsp3) is 0.538. The monoisotopic (exact) mass is 284 g/mol. The van der Waals surface area contributed by atoms with Crippen molar-refractivity contribution in [2.45, 2.75) is 18.9 Å². The van der Waals surface area contributed by atoms with Gasteiger partial charge in [0.2, 0.25) is 5.82 Å². The maximum atomic E-state index is 13.4. The molecule has 0 saturated heterocycles. The summed E-state index contributed by atoms with van der Waals surface area (Å²) in [6.07, 6.45) is 1.55. The molecule has 6 nitrogen and oxygen atoms in total. The Morgan fingerprint density at radius 2 is 2.30 bits per heavy atom. The zero-order valence-corrected chi connectivity index (χ0v) is 10.9. The second kappa shape index (κ2) is 6.62. The molecule has 2 N–H and O–H groups in total. The topological polar surface area (TPSA) is 84.6 Å². The minimum atomic E-state index is -0.903. The van der Waals surface area contributed by atoms with Crippen LogP contribution in [0.15, 0.2) is 18.2 Å². The molecular weight excluding hydrogens is 267 g/mol. The van der Waals surface area contributed by atoms with Crippen molar-refractivity contribution in [3.8, 4) is 0 Å². The molecule has 110 valence electrons. The van der Waals surface area contributed by atoms with Gasteiger partial charge in [0.15, 0.2) is 0 Å². The minimum absolute atomic E-state index is 0.0521. The molecule has 0 bridgehead atoms. The van der Waals surface area contributed by atoms with E-state index in [-0.39, 0.29) is 18.8 Å². The molecule has 0 radical (unpaired) electrons. The summed E-state index contributed by atoms with van der Waals surface area (Å²) in [5, 5.41) is 23.1. The van der Waals surface area contributed by atoms with E-state index in [9.17, 15) is 19.6 Å². The van der Waals surface area contributed by atoms with Crippen LogP contribution in [0.25, 0.3) is 0 Å². The first kappa shape index (κ1) is 14.7. The average molecular weight is 284 g/mol. The van der Waals surface area contributed by atoms with Gasteiger partial charge in [-0.15, -0.1) is 0 Å². The van der Waals surface area contributed by atoms with Crippen LogP contribution in [0.2, 0.25) is 0 Å². The van der Waals surface area contributed by atoms with Gasteiger partial charge in [-0.25, -0.2) is 0 Å². The summed E-state index contributed by atoms with van der Waals surface area (Å²) in [6, 6.07) is 3.80. The summed E-state index contributed by atoms with van der Waals surface area (Å²) in [6.45, 7) is 0.860. The van der Waals surface area contributed by atoms with Crippen molar-refractivity contribution in [2.75, 3.05) is 25.1 Å². The highest BCUT2D eigenvalue weighted by atomic mass is 19.1. The summed E-state index contributed by atoms with van der Waals surface area (Å²) < 4.78 is 18.7. The van der Waals surface area contributed by atoms with Crippen molar-refractivity contribution in [3.05, 3.63) is 34.1 Å². The number of nitrogens with zero attached hydrogens (tertiary/aromatic N) is 1. The number of ether oxygens (including phenoxy) is 1. The Labute approximate surface area is 115 Å². The number of aliphatic hydroxyl groups excluding tert-OH is 1. The average Bonchev–Trinajstić information content (AvgIpc) is 3.20. The lowest BCUT2D eigenvalue weighted by atomic mass is 10.2. The molecule has 0 spiro atoms. The number of nitrogens with one attached hydrogen (secondary N) is 1. The molecular formula is C13H17FN2O4. The van der Waals surface area contributed by atoms with E-state index in [2.05, 4.69) is 5.32 Å². The predicted molar refractivity (Wildman–Crippen MR) is 71.1 cm³/mol. The van der Waals surface area contributed by atoms with E-state index in [0.29, 0.717) is 12.5 Å². The van der Waals surface area contributed by atoms with Crippen molar-refractivity contribution >= 4 is 11.4 Å². The van der Waals surface area contributed by atoms with Gasteiger partial charge in [0.1, 0.15) is 5.69 Å². The van der Waals surface area contributed by atoms with Gasteiger partial charge in [-0.05, 0) is 30.9 Å². The zero-order valence-electron chi connectivity index (χ0n) is 10.9. The van der Waals surface area contributed by atoms with Crippen molar-refractivity contribution in [2.24, 2.45) is 5.92 Å². The lowest BCUT2D eigenvalue weighted by Gasteiger charge is -2.13. The molecule has 1 aromatic rings. The number of aliphatic hydroxyl groups is 1. The minimum Gasteiger partial charge on any atom is -0.389 e. The Balaban J connectivity index is 1.83. The molecule has 1 saturated carbocycles. The molecule has 1 unspecified atom stereocenters. The number of benzene rings is 1. The van der Waals surface area contributed by atoms with Gasteiger partial charge < -0.3 is 15.2 Å². The number of anilines is 1. The molecule has 0 aliphatic heterocycles. The third kappa shape index (κ3) is 4.14. The van der Waals surface area contributed by atoms with Gasteiger partial charge in [-0.2, -0.15) is 4.39 Å². The highest BCUT2D eigenvalue weighted by Gasteiger charge is 2.22. The molecule has 1 atom stereocenters. The first-order valence-electron chi connectivity index (χ1n) is 6.50. The van der Waals surface area contributed by atoms with Crippen LogP contribution in [-0.4, -0.2) is 35.9 Å². The van der Waals surface area contributed by atoms with E-state index >= 15 is 0 Å². The number of nitro benzene ring substituents is 1. The van der Waals surface area contributed by atoms with Crippen LogP contribution in [0.1, 0.15) is 12.8 Å². The summed E-state index contributed by atoms with van der Waals surface area (Å²) in [5.41, 5.74) is -0.560. The third-order valence-electron chi connectivity index (χ3n) is 3.06. The fourth-order valence-corrected chi connectivity index (χ4v) is 1.79. The van der Waals surface area contributed by atoms with Crippen LogP contribution in [0, 0.1) is 21.8 Å². The molecule has 0 aromatic heterocycles. The van der Waals surface area contributed by atoms with Gasteiger partial charge in [-0.1, -0.05) is 6.07 Å². The van der Waals surface area contributed by atoms with Gasteiger partial charge >= 0.3 is 5.69 Å². The second-order valence-corrected chi connectivity index (χ2v) is 4.91. The van der Waals surface area contributed by atoms with Gasteiger partial charge in [0.25, 0.3) is 0 Å². The highest BCUT2D eigenvalue weighted by Crippen LogP contribution is 2.29. The quantitative estimate of drug-likeness (QED) is 0.563. The standard InChI is InChI=1S/C13H17FN2O4/c14-11-2-1-3-12(13(11)16(18)19)15-6-10(17)8-20-7-9-4-5-9/h1-3,9-10,15,17H,4-8H2. The highest BCUT2D eigenvalue weighted by molar-refractivity contribution is 5.61. The van der Waals surface area contributed by atoms with Crippen LogP contribution in [-0.2, 0) is 4.74 Å². The summed E-state index contributed by atoms with van der Waals surface area (Å²) in [5.74, 6) is -0.293. The lowest BCUT2D eigenvalue weighted by molar-refractivity contribution is -0.386. The smallest absolute Gasteiger partial charge is 0.327 e. The van der Waals surface area contributed by atoms with Crippen LogP contribution >= 0.6 is 0 Å². The molecule has 1 aromatic carbocycles. The first-order chi connectivity index (χ1) is 9.58. The molecule has 0 amide bonds. The molecule has 0 heterocycles. The Hall–Kier alpha value is -1.73. The van der Waals surface area contributed by atoms with Crippen LogP contribution in [0.5, 0.6) is 0 Å². The van der Waals surface area contributed by atoms with Crippen LogP contribution < -0.4 is 5.32 Å². The van der Waals surface area contributed by atoms with E-state index in [4.69, 9.17) is 4.74 Å². The van der Waals surface area contributed by atoms with Crippen LogP contribution in [0.3, 0.4) is 0 Å². The summed E-state index contributed by atoms with van der Waals surface area (Å²) in [4.78, 5) is 10.00. The van der Waals surface area contributed by atoms with E-state index < -0.39 is 22.5 Å². The summed E-state index contributed by atoms with van der Waals surface area (Å²) >= 11 is 0. The van der Waals surface area contributed by atoms with Crippen molar-refractivity contribution in [1.29, 1.82) is 0 Å². The SMILES string of the molecule is O=[N+]([O-])c1c(F)cccc1NCC(O)COCC1CC1. The molecule has 1 fully saturated rings. The van der Waals surface area contributed by atoms with Crippen LogP contribution in [0.4, 0.5) is 15.8 Å². The van der Waals surface area contributed by atoms with E-state index in [1.54, 1.807) is 0 Å². The van der Waals surface area contributed by atoms with E-state index in [1.165, 1.54) is 25.0 Å².